The summed E-state index contributed by atoms with van der Waals surface area (Å²) >= 11 is 0. The van der Waals surface area contributed by atoms with E-state index in [1.807, 2.05) is 13.1 Å². The Bertz CT molecular complexity index is 792. The van der Waals surface area contributed by atoms with E-state index in [1.54, 1.807) is 16.9 Å². The van der Waals surface area contributed by atoms with Gasteiger partial charge < -0.3 is 4.90 Å². The summed E-state index contributed by atoms with van der Waals surface area (Å²) in [6.07, 6.45) is 8.87. The van der Waals surface area contributed by atoms with Gasteiger partial charge in [-0.2, -0.15) is 5.10 Å². The second-order valence-corrected chi connectivity index (χ2v) is 6.94. The van der Waals surface area contributed by atoms with Crippen molar-refractivity contribution in [3.63, 3.8) is 0 Å². The third-order valence-electron chi connectivity index (χ3n) is 5.14. The molecule has 0 saturated carbocycles. The SMILES string of the molecule is Cc1cncc(N2CCC(Cn3nc4c(cc3=O)CCC4)CC2)n1. The molecule has 0 aromatic carbocycles. The van der Waals surface area contributed by atoms with Gasteiger partial charge in [0.1, 0.15) is 5.82 Å². The van der Waals surface area contributed by atoms with E-state index in [9.17, 15) is 4.79 Å². The molecule has 0 radical (unpaired) electrons. The molecule has 6 heteroatoms. The first kappa shape index (κ1) is 15.3. The highest BCUT2D eigenvalue weighted by atomic mass is 16.1. The molecule has 0 N–H and O–H groups in total. The number of piperidine rings is 1. The number of rotatable bonds is 3. The Morgan fingerprint density at radius 3 is 2.83 bits per heavy atom. The van der Waals surface area contributed by atoms with Crippen molar-refractivity contribution in [3.8, 4) is 0 Å². The van der Waals surface area contributed by atoms with Gasteiger partial charge in [0.05, 0.1) is 17.6 Å². The number of hydrogen-bond donors (Lipinski definition) is 0. The van der Waals surface area contributed by atoms with Gasteiger partial charge >= 0.3 is 0 Å². The molecule has 24 heavy (non-hydrogen) atoms. The Morgan fingerprint density at radius 2 is 2.04 bits per heavy atom. The second-order valence-electron chi connectivity index (χ2n) is 6.94. The van der Waals surface area contributed by atoms with E-state index in [-0.39, 0.29) is 5.56 Å². The lowest BCUT2D eigenvalue weighted by molar-refractivity contribution is 0.333. The fraction of sp³-hybridized carbons (Fsp3) is 0.556. The van der Waals surface area contributed by atoms with E-state index in [1.165, 1.54) is 0 Å². The molecule has 4 rings (SSSR count). The molecule has 0 spiro atoms. The highest BCUT2D eigenvalue weighted by Crippen LogP contribution is 2.23. The number of nitrogens with zero attached hydrogens (tertiary/aromatic N) is 5. The summed E-state index contributed by atoms with van der Waals surface area (Å²) in [5.74, 6) is 1.46. The van der Waals surface area contributed by atoms with Crippen molar-refractivity contribution in [2.24, 2.45) is 5.92 Å². The van der Waals surface area contributed by atoms with Gasteiger partial charge in [-0.05, 0) is 50.5 Å². The van der Waals surface area contributed by atoms with Crippen LogP contribution in [0, 0.1) is 12.8 Å². The minimum Gasteiger partial charge on any atom is -0.355 e. The Balaban J connectivity index is 1.41. The van der Waals surface area contributed by atoms with Crippen LogP contribution in [0.1, 0.15) is 36.2 Å². The number of aromatic nitrogens is 4. The molecule has 0 bridgehead atoms. The van der Waals surface area contributed by atoms with Gasteiger partial charge in [-0.1, -0.05) is 0 Å². The zero-order chi connectivity index (χ0) is 16.5. The molecule has 2 aromatic rings. The smallest absolute Gasteiger partial charge is 0.267 e. The fourth-order valence-electron chi connectivity index (χ4n) is 3.76. The van der Waals surface area contributed by atoms with Gasteiger partial charge in [0.2, 0.25) is 0 Å². The van der Waals surface area contributed by atoms with E-state index in [0.29, 0.717) is 5.92 Å². The van der Waals surface area contributed by atoms with Gasteiger partial charge in [-0.15, -0.1) is 0 Å². The van der Waals surface area contributed by atoms with Crippen LogP contribution in [0.5, 0.6) is 0 Å². The van der Waals surface area contributed by atoms with Gasteiger partial charge in [0, 0.05) is 31.9 Å². The molecule has 126 valence electrons. The summed E-state index contributed by atoms with van der Waals surface area (Å²) in [5.41, 5.74) is 3.29. The van der Waals surface area contributed by atoms with Crippen molar-refractivity contribution in [1.82, 2.24) is 19.7 Å². The van der Waals surface area contributed by atoms with Crippen molar-refractivity contribution in [2.45, 2.75) is 45.6 Å². The van der Waals surface area contributed by atoms with Crippen LogP contribution in [0.4, 0.5) is 5.82 Å². The molecule has 2 aromatic heterocycles. The Hall–Kier alpha value is -2.24. The molecule has 0 atom stereocenters. The average molecular weight is 325 g/mol. The maximum atomic E-state index is 12.2. The summed E-state index contributed by atoms with van der Waals surface area (Å²) in [5, 5.41) is 4.60. The van der Waals surface area contributed by atoms with Crippen molar-refractivity contribution < 1.29 is 0 Å². The molecule has 6 nitrogen and oxygen atoms in total. The molecule has 1 aliphatic carbocycles. The van der Waals surface area contributed by atoms with Gasteiger partial charge in [0.25, 0.3) is 5.56 Å². The number of aryl methyl sites for hydroxylation is 3. The standard InChI is InChI=1S/C18H23N5O/c1-13-10-19-11-17(20-13)22-7-5-14(6-8-22)12-23-18(24)9-15-3-2-4-16(15)21-23/h9-11,14H,2-8,12H2,1H3. The van der Waals surface area contributed by atoms with E-state index in [0.717, 1.165) is 74.5 Å². The molecule has 1 saturated heterocycles. The summed E-state index contributed by atoms with van der Waals surface area (Å²) in [7, 11) is 0. The van der Waals surface area contributed by atoms with Crippen LogP contribution in [0.25, 0.3) is 0 Å². The van der Waals surface area contributed by atoms with E-state index in [4.69, 9.17) is 0 Å². The Morgan fingerprint density at radius 1 is 1.21 bits per heavy atom. The van der Waals surface area contributed by atoms with Crippen molar-refractivity contribution >= 4 is 5.82 Å². The molecule has 1 fully saturated rings. The molecular formula is C18H23N5O. The topological polar surface area (TPSA) is 63.9 Å². The maximum Gasteiger partial charge on any atom is 0.267 e. The maximum absolute atomic E-state index is 12.2. The number of hydrogen-bond acceptors (Lipinski definition) is 5. The minimum absolute atomic E-state index is 0.0580. The minimum atomic E-state index is 0.0580. The largest absolute Gasteiger partial charge is 0.355 e. The van der Waals surface area contributed by atoms with Crippen molar-refractivity contribution in [3.05, 3.63) is 45.8 Å². The highest BCUT2D eigenvalue weighted by molar-refractivity contribution is 5.36. The lowest BCUT2D eigenvalue weighted by atomic mass is 9.97. The Kier molecular flexibility index (Phi) is 4.04. The summed E-state index contributed by atoms with van der Waals surface area (Å²) in [6.45, 7) is 4.62. The Labute approximate surface area is 141 Å². The normalized spacial score (nSPS) is 18.0. The molecule has 1 aliphatic heterocycles. The van der Waals surface area contributed by atoms with Crippen LogP contribution in [-0.2, 0) is 19.4 Å². The van der Waals surface area contributed by atoms with Crippen LogP contribution in [0.2, 0.25) is 0 Å². The van der Waals surface area contributed by atoms with Crippen LogP contribution >= 0.6 is 0 Å². The molecule has 2 aliphatic rings. The van der Waals surface area contributed by atoms with E-state index < -0.39 is 0 Å². The first-order valence-corrected chi connectivity index (χ1v) is 8.82. The molecule has 3 heterocycles. The van der Waals surface area contributed by atoms with E-state index in [2.05, 4.69) is 20.0 Å². The van der Waals surface area contributed by atoms with Gasteiger partial charge in [-0.25, -0.2) is 9.67 Å². The predicted molar refractivity (Wildman–Crippen MR) is 92.2 cm³/mol. The lowest BCUT2D eigenvalue weighted by Crippen LogP contribution is -2.37. The van der Waals surface area contributed by atoms with Crippen molar-refractivity contribution in [2.75, 3.05) is 18.0 Å². The summed E-state index contributed by atoms with van der Waals surface area (Å²) in [4.78, 5) is 23.3. The number of anilines is 1. The van der Waals surface area contributed by atoms with Crippen LogP contribution in [0.3, 0.4) is 0 Å². The zero-order valence-electron chi connectivity index (χ0n) is 14.1. The number of fused-ring (bicyclic) bond motifs is 1. The first-order chi connectivity index (χ1) is 11.7. The predicted octanol–water partition coefficient (Wildman–Crippen LogP) is 1.75. The highest BCUT2D eigenvalue weighted by Gasteiger charge is 2.22. The zero-order valence-corrected chi connectivity index (χ0v) is 14.1. The lowest BCUT2D eigenvalue weighted by Gasteiger charge is -2.32. The van der Waals surface area contributed by atoms with Crippen LogP contribution in [0.15, 0.2) is 23.3 Å². The average Bonchev–Trinajstić information content (AvgIpc) is 3.03. The monoisotopic (exact) mass is 325 g/mol. The molecular weight excluding hydrogens is 302 g/mol. The quantitative estimate of drug-likeness (QED) is 0.860. The molecule has 0 unspecified atom stereocenters. The van der Waals surface area contributed by atoms with Crippen molar-refractivity contribution in [1.29, 1.82) is 0 Å². The fourth-order valence-corrected chi connectivity index (χ4v) is 3.76. The summed E-state index contributed by atoms with van der Waals surface area (Å²) in [6, 6.07) is 1.80. The van der Waals surface area contributed by atoms with Crippen LogP contribution in [-0.4, -0.2) is 32.8 Å². The van der Waals surface area contributed by atoms with Crippen LogP contribution < -0.4 is 10.5 Å². The first-order valence-electron chi connectivity index (χ1n) is 8.82. The molecule has 0 amide bonds. The summed E-state index contributed by atoms with van der Waals surface area (Å²) < 4.78 is 1.69. The second kappa shape index (κ2) is 6.34. The van der Waals surface area contributed by atoms with Gasteiger partial charge in [-0.3, -0.25) is 9.78 Å². The third-order valence-corrected chi connectivity index (χ3v) is 5.14. The van der Waals surface area contributed by atoms with E-state index >= 15 is 0 Å². The third kappa shape index (κ3) is 3.05. The van der Waals surface area contributed by atoms with Gasteiger partial charge in [0.15, 0.2) is 0 Å².